The van der Waals surface area contributed by atoms with Gasteiger partial charge >= 0.3 is 0 Å². The van der Waals surface area contributed by atoms with E-state index in [1.807, 2.05) is 0 Å². The number of carbonyl (C=O) groups is 1. The summed E-state index contributed by atoms with van der Waals surface area (Å²) in [5.74, 6) is 2.03. The average molecular weight is 562 g/mol. The third-order valence-corrected chi connectivity index (χ3v) is 5.17. The first-order valence-electron chi connectivity index (χ1n) is 11.3. The number of morpholine rings is 1. The SMILES string of the molecule is CCNC(=NCC(CC(C)C)N1CCOCC1)NCCNC(=O)c1ccc(OC)cc1.I. The van der Waals surface area contributed by atoms with E-state index in [1.165, 1.54) is 0 Å². The van der Waals surface area contributed by atoms with Crippen molar-refractivity contribution in [1.82, 2.24) is 20.9 Å². The third-order valence-electron chi connectivity index (χ3n) is 5.17. The number of halogens is 1. The first kappa shape index (κ1) is 28.4. The van der Waals surface area contributed by atoms with Gasteiger partial charge in [-0.15, -0.1) is 24.0 Å². The van der Waals surface area contributed by atoms with Gasteiger partial charge in [-0.1, -0.05) is 13.8 Å². The van der Waals surface area contributed by atoms with Crippen molar-refractivity contribution < 1.29 is 14.3 Å². The lowest BCUT2D eigenvalue weighted by Gasteiger charge is -2.34. The van der Waals surface area contributed by atoms with E-state index in [0.717, 1.165) is 57.5 Å². The van der Waals surface area contributed by atoms with Crippen LogP contribution in [-0.4, -0.2) is 82.4 Å². The van der Waals surface area contributed by atoms with E-state index in [2.05, 4.69) is 41.6 Å². The number of ether oxygens (including phenoxy) is 2. The molecule has 182 valence electrons. The summed E-state index contributed by atoms with van der Waals surface area (Å²) in [5, 5.41) is 9.54. The Morgan fingerprint density at radius 3 is 2.38 bits per heavy atom. The number of nitrogens with zero attached hydrogens (tertiary/aromatic N) is 2. The fourth-order valence-electron chi connectivity index (χ4n) is 3.57. The topological polar surface area (TPSA) is 87.2 Å². The molecule has 1 unspecified atom stereocenters. The van der Waals surface area contributed by atoms with Crippen molar-refractivity contribution in [2.45, 2.75) is 33.2 Å². The second-order valence-electron chi connectivity index (χ2n) is 8.06. The number of nitrogens with one attached hydrogen (secondary N) is 3. The lowest BCUT2D eigenvalue weighted by atomic mass is 10.0. The van der Waals surface area contributed by atoms with Gasteiger partial charge in [0.25, 0.3) is 5.91 Å². The fraction of sp³-hybridized carbons (Fsp3) is 0.652. The maximum absolute atomic E-state index is 12.3. The quantitative estimate of drug-likeness (QED) is 0.167. The summed E-state index contributed by atoms with van der Waals surface area (Å²) >= 11 is 0. The molecule has 0 aliphatic carbocycles. The average Bonchev–Trinajstić information content (AvgIpc) is 2.79. The number of benzene rings is 1. The summed E-state index contributed by atoms with van der Waals surface area (Å²) in [6.45, 7) is 12.7. The minimum absolute atomic E-state index is 0. The molecule has 1 aliphatic rings. The van der Waals surface area contributed by atoms with Gasteiger partial charge in [-0.25, -0.2) is 0 Å². The van der Waals surface area contributed by atoms with E-state index in [1.54, 1.807) is 31.4 Å². The smallest absolute Gasteiger partial charge is 0.251 e. The molecule has 1 heterocycles. The second-order valence-corrected chi connectivity index (χ2v) is 8.06. The van der Waals surface area contributed by atoms with E-state index in [4.69, 9.17) is 14.5 Å². The van der Waals surface area contributed by atoms with E-state index in [9.17, 15) is 4.79 Å². The van der Waals surface area contributed by atoms with E-state index < -0.39 is 0 Å². The molecule has 1 saturated heterocycles. The Bertz CT molecular complexity index is 679. The minimum Gasteiger partial charge on any atom is -0.497 e. The van der Waals surface area contributed by atoms with Crippen LogP contribution >= 0.6 is 24.0 Å². The molecule has 2 rings (SSSR count). The monoisotopic (exact) mass is 561 g/mol. The van der Waals surface area contributed by atoms with Gasteiger partial charge in [0, 0.05) is 44.3 Å². The van der Waals surface area contributed by atoms with Gasteiger partial charge in [-0.3, -0.25) is 14.7 Å². The van der Waals surface area contributed by atoms with Crippen molar-refractivity contribution in [3.63, 3.8) is 0 Å². The first-order chi connectivity index (χ1) is 15.0. The van der Waals surface area contributed by atoms with E-state index in [-0.39, 0.29) is 29.9 Å². The van der Waals surface area contributed by atoms with E-state index in [0.29, 0.717) is 30.6 Å². The number of guanidine groups is 1. The normalized spacial score (nSPS) is 15.6. The number of aliphatic imine (C=N–C) groups is 1. The van der Waals surface area contributed by atoms with Gasteiger partial charge in [0.05, 0.1) is 26.9 Å². The molecule has 0 radical (unpaired) electrons. The van der Waals surface area contributed by atoms with Crippen LogP contribution in [0.4, 0.5) is 0 Å². The van der Waals surface area contributed by atoms with Crippen LogP contribution in [-0.2, 0) is 4.74 Å². The Hall–Kier alpha value is -1.59. The van der Waals surface area contributed by atoms with Crippen molar-refractivity contribution in [1.29, 1.82) is 0 Å². The Morgan fingerprint density at radius 1 is 1.12 bits per heavy atom. The minimum atomic E-state index is -0.101. The standard InChI is InChI=1S/C23H39N5O3.HI/c1-5-24-23(27-17-20(16-18(2)3)28-12-14-31-15-13-28)26-11-10-25-22(29)19-6-8-21(30-4)9-7-19;/h6-9,18,20H,5,10-17H2,1-4H3,(H,25,29)(H2,24,26,27);1H. The van der Waals surface area contributed by atoms with Crippen molar-refractivity contribution in [3.8, 4) is 5.75 Å². The largest absolute Gasteiger partial charge is 0.497 e. The third kappa shape index (κ3) is 10.4. The van der Waals surface area contributed by atoms with Gasteiger partial charge in [0.15, 0.2) is 5.96 Å². The summed E-state index contributed by atoms with van der Waals surface area (Å²) in [4.78, 5) is 19.6. The zero-order chi connectivity index (χ0) is 22.5. The highest BCUT2D eigenvalue weighted by molar-refractivity contribution is 14.0. The van der Waals surface area contributed by atoms with Crippen LogP contribution in [0.5, 0.6) is 5.75 Å². The number of carbonyl (C=O) groups excluding carboxylic acids is 1. The van der Waals surface area contributed by atoms with Crippen LogP contribution < -0.4 is 20.7 Å². The highest BCUT2D eigenvalue weighted by Gasteiger charge is 2.21. The summed E-state index contributed by atoms with van der Waals surface area (Å²) < 4.78 is 10.6. The molecular weight excluding hydrogens is 521 g/mol. The number of rotatable bonds is 11. The van der Waals surface area contributed by atoms with E-state index >= 15 is 0 Å². The Labute approximate surface area is 209 Å². The van der Waals surface area contributed by atoms with Gasteiger partial charge in [0.2, 0.25) is 0 Å². The summed E-state index contributed by atoms with van der Waals surface area (Å²) in [7, 11) is 1.61. The predicted molar refractivity (Wildman–Crippen MR) is 140 cm³/mol. The molecule has 1 aromatic carbocycles. The van der Waals surface area contributed by atoms with Crippen molar-refractivity contribution in [2.24, 2.45) is 10.9 Å². The summed E-state index contributed by atoms with van der Waals surface area (Å²) in [5.41, 5.74) is 0.614. The zero-order valence-electron chi connectivity index (χ0n) is 19.9. The molecule has 8 nitrogen and oxygen atoms in total. The molecule has 1 amide bonds. The molecule has 0 bridgehead atoms. The van der Waals surface area contributed by atoms with Gasteiger partial charge < -0.3 is 25.4 Å². The molecule has 1 aromatic rings. The summed E-state index contributed by atoms with van der Waals surface area (Å²) in [6, 6.07) is 7.49. The van der Waals surface area contributed by atoms with Gasteiger partial charge in [-0.2, -0.15) is 0 Å². The highest BCUT2D eigenvalue weighted by atomic mass is 127. The number of hydrogen-bond donors (Lipinski definition) is 3. The van der Waals surface area contributed by atoms with Crippen LogP contribution in [0.1, 0.15) is 37.6 Å². The molecule has 0 aromatic heterocycles. The predicted octanol–water partition coefficient (Wildman–Crippen LogP) is 2.35. The Morgan fingerprint density at radius 2 is 1.78 bits per heavy atom. The van der Waals surface area contributed by atoms with Gasteiger partial charge in [0.1, 0.15) is 5.75 Å². The molecule has 3 N–H and O–H groups in total. The van der Waals surface area contributed by atoms with Crippen LogP contribution in [0.25, 0.3) is 0 Å². The molecule has 1 atom stereocenters. The van der Waals surface area contributed by atoms with Crippen LogP contribution in [0, 0.1) is 5.92 Å². The van der Waals surface area contributed by atoms with Gasteiger partial charge in [-0.05, 0) is 43.5 Å². The molecule has 0 saturated carbocycles. The van der Waals surface area contributed by atoms with Crippen molar-refractivity contribution in [2.75, 3.05) is 59.6 Å². The Balaban J connectivity index is 0.00000512. The highest BCUT2D eigenvalue weighted by Crippen LogP contribution is 2.14. The molecule has 0 spiro atoms. The van der Waals surface area contributed by atoms with Crippen molar-refractivity contribution in [3.05, 3.63) is 29.8 Å². The van der Waals surface area contributed by atoms with Crippen LogP contribution in [0.3, 0.4) is 0 Å². The molecule has 9 heteroatoms. The maximum atomic E-state index is 12.3. The molecular formula is C23H40IN5O3. The van der Waals surface area contributed by atoms with Crippen molar-refractivity contribution >= 4 is 35.8 Å². The second kappa shape index (κ2) is 16.1. The Kier molecular flexibility index (Phi) is 14.3. The first-order valence-corrected chi connectivity index (χ1v) is 11.3. The fourth-order valence-corrected chi connectivity index (χ4v) is 3.57. The van der Waals surface area contributed by atoms with Crippen LogP contribution in [0.15, 0.2) is 29.3 Å². The maximum Gasteiger partial charge on any atom is 0.251 e. The molecule has 1 aliphatic heterocycles. The summed E-state index contributed by atoms with van der Waals surface area (Å²) in [6.07, 6.45) is 1.11. The lowest BCUT2D eigenvalue weighted by Crippen LogP contribution is -2.47. The molecule has 32 heavy (non-hydrogen) atoms. The number of hydrogen-bond acceptors (Lipinski definition) is 5. The lowest BCUT2D eigenvalue weighted by molar-refractivity contribution is 0.0143. The zero-order valence-corrected chi connectivity index (χ0v) is 22.2. The number of amides is 1. The van der Waals surface area contributed by atoms with Crippen LogP contribution in [0.2, 0.25) is 0 Å². The number of methoxy groups -OCH3 is 1. The molecule has 1 fully saturated rings.